The minimum absolute atomic E-state index is 0.0496. The SMILES string of the molecule is C=C/C(=C\N=C(C)C(C)(C)P)CNC(=C)c1cc(O)cc(-c2ncc(C)s2)c1. The van der Waals surface area contributed by atoms with Crippen LogP contribution in [0.25, 0.3) is 16.3 Å². The van der Waals surface area contributed by atoms with E-state index in [9.17, 15) is 5.11 Å². The molecule has 0 aliphatic rings. The minimum atomic E-state index is -0.0496. The molecule has 2 rings (SSSR count). The highest BCUT2D eigenvalue weighted by molar-refractivity contribution is 7.21. The normalized spacial score (nSPS) is 12.8. The Kier molecular flexibility index (Phi) is 7.34. The third kappa shape index (κ3) is 6.15. The lowest BCUT2D eigenvalue weighted by molar-refractivity contribution is 0.475. The number of hydrogen-bond donors (Lipinski definition) is 2. The summed E-state index contributed by atoms with van der Waals surface area (Å²) in [5.74, 6) is 0.186. The van der Waals surface area contributed by atoms with E-state index in [2.05, 4.69) is 51.5 Å². The van der Waals surface area contributed by atoms with Crippen LogP contribution in [0.1, 0.15) is 31.2 Å². The van der Waals surface area contributed by atoms with Gasteiger partial charge in [0.25, 0.3) is 0 Å². The predicted octanol–water partition coefficient (Wildman–Crippen LogP) is 5.57. The summed E-state index contributed by atoms with van der Waals surface area (Å²) < 4.78 is 0. The van der Waals surface area contributed by atoms with Gasteiger partial charge in [0, 0.05) is 51.5 Å². The van der Waals surface area contributed by atoms with Gasteiger partial charge in [-0.25, -0.2) is 4.98 Å². The van der Waals surface area contributed by atoms with Crippen molar-refractivity contribution in [3.8, 4) is 16.3 Å². The first-order chi connectivity index (χ1) is 13.1. The topological polar surface area (TPSA) is 57.5 Å². The van der Waals surface area contributed by atoms with E-state index in [1.54, 1.807) is 29.5 Å². The minimum Gasteiger partial charge on any atom is -0.508 e. The van der Waals surface area contributed by atoms with Crippen molar-refractivity contribution in [3.63, 3.8) is 0 Å². The van der Waals surface area contributed by atoms with Crippen LogP contribution in [0.4, 0.5) is 0 Å². The Bertz CT molecular complexity index is 935. The molecule has 1 unspecified atom stereocenters. The molecule has 2 aromatic rings. The number of benzene rings is 1. The van der Waals surface area contributed by atoms with E-state index in [4.69, 9.17) is 0 Å². The van der Waals surface area contributed by atoms with E-state index in [0.29, 0.717) is 12.2 Å². The van der Waals surface area contributed by atoms with E-state index < -0.39 is 0 Å². The highest BCUT2D eigenvalue weighted by Crippen LogP contribution is 2.30. The molecule has 0 amide bonds. The van der Waals surface area contributed by atoms with Gasteiger partial charge >= 0.3 is 0 Å². The molecule has 6 heteroatoms. The molecule has 1 atom stereocenters. The molecule has 0 fully saturated rings. The number of nitrogens with one attached hydrogen (secondary N) is 1. The Balaban J connectivity index is 2.14. The second kappa shape index (κ2) is 9.31. The molecule has 0 aliphatic heterocycles. The monoisotopic (exact) mass is 413 g/mol. The average molecular weight is 414 g/mol. The third-order valence-corrected chi connectivity index (χ3v) is 5.64. The van der Waals surface area contributed by atoms with Gasteiger partial charge in [-0.3, -0.25) is 4.99 Å². The maximum atomic E-state index is 10.1. The number of phenolic OH excluding ortho intramolecular Hbond substituents is 1. The van der Waals surface area contributed by atoms with Crippen molar-refractivity contribution in [1.29, 1.82) is 0 Å². The predicted molar refractivity (Wildman–Crippen MR) is 126 cm³/mol. The molecule has 0 bridgehead atoms. The standard InChI is InChI=1S/C22H28N3OPS/c1-7-17(13-24-16(4)22(5,6)27)12-23-15(3)18-8-19(10-20(26)9-18)21-25-11-14(2)28-21/h7-11,13,23,26H,1,3,12,27H2,2,4-6H3/b17-13+,24-16?. The third-order valence-electron chi connectivity index (χ3n) is 4.26. The summed E-state index contributed by atoms with van der Waals surface area (Å²) in [6, 6.07) is 5.38. The summed E-state index contributed by atoms with van der Waals surface area (Å²) in [5.41, 5.74) is 4.37. The van der Waals surface area contributed by atoms with E-state index >= 15 is 0 Å². The van der Waals surface area contributed by atoms with Gasteiger partial charge in [0.15, 0.2) is 0 Å². The summed E-state index contributed by atoms with van der Waals surface area (Å²) in [4.78, 5) is 10.1. The Hall–Kier alpha value is -2.23. The molecule has 1 heterocycles. The van der Waals surface area contributed by atoms with Crippen LogP contribution in [0.5, 0.6) is 5.75 Å². The molecule has 0 aliphatic carbocycles. The van der Waals surface area contributed by atoms with Crippen molar-refractivity contribution in [2.24, 2.45) is 4.99 Å². The fourth-order valence-corrected chi connectivity index (χ4v) is 3.05. The van der Waals surface area contributed by atoms with Gasteiger partial charge in [-0.1, -0.05) is 33.1 Å². The van der Waals surface area contributed by atoms with Crippen LogP contribution in [0, 0.1) is 6.92 Å². The maximum Gasteiger partial charge on any atom is 0.123 e. The van der Waals surface area contributed by atoms with Gasteiger partial charge in [-0.05, 0) is 37.6 Å². The van der Waals surface area contributed by atoms with Crippen LogP contribution in [0.3, 0.4) is 0 Å². The first-order valence-electron chi connectivity index (χ1n) is 8.95. The van der Waals surface area contributed by atoms with Gasteiger partial charge in [0.1, 0.15) is 10.8 Å². The Morgan fingerprint density at radius 2 is 2.11 bits per heavy atom. The lowest BCUT2D eigenvalue weighted by Gasteiger charge is -2.17. The highest BCUT2D eigenvalue weighted by atomic mass is 32.1. The Labute approximate surface area is 174 Å². The van der Waals surface area contributed by atoms with Crippen LogP contribution in [0.2, 0.25) is 0 Å². The smallest absolute Gasteiger partial charge is 0.123 e. The molecular weight excluding hydrogens is 385 g/mol. The van der Waals surface area contributed by atoms with Crippen LogP contribution in [-0.4, -0.2) is 27.5 Å². The summed E-state index contributed by atoms with van der Waals surface area (Å²) in [7, 11) is 2.79. The number of aromatic nitrogens is 1. The molecule has 4 nitrogen and oxygen atoms in total. The molecule has 0 radical (unpaired) electrons. The molecule has 0 saturated heterocycles. The molecule has 0 saturated carbocycles. The zero-order chi connectivity index (χ0) is 20.9. The van der Waals surface area contributed by atoms with Crippen molar-refractivity contribution in [3.05, 3.63) is 65.8 Å². The zero-order valence-electron chi connectivity index (χ0n) is 16.9. The second-order valence-corrected chi connectivity index (χ2v) is 9.90. The lowest BCUT2D eigenvalue weighted by atomic mass is 10.1. The Morgan fingerprint density at radius 1 is 1.39 bits per heavy atom. The van der Waals surface area contributed by atoms with Crippen molar-refractivity contribution in [2.75, 3.05) is 6.54 Å². The molecular formula is C22H28N3OPS. The average Bonchev–Trinajstić information content (AvgIpc) is 3.06. The first-order valence-corrected chi connectivity index (χ1v) is 10.3. The van der Waals surface area contributed by atoms with E-state index in [1.807, 2.05) is 32.3 Å². The highest BCUT2D eigenvalue weighted by Gasteiger charge is 2.13. The summed E-state index contributed by atoms with van der Waals surface area (Å²) in [6.07, 6.45) is 5.43. The largest absolute Gasteiger partial charge is 0.508 e. The van der Waals surface area contributed by atoms with Crippen molar-refractivity contribution in [1.82, 2.24) is 10.3 Å². The molecule has 1 aromatic heterocycles. The number of phenols is 1. The molecule has 1 aromatic carbocycles. The van der Waals surface area contributed by atoms with Gasteiger partial charge in [-0.15, -0.1) is 20.6 Å². The van der Waals surface area contributed by atoms with E-state index in [1.165, 1.54) is 0 Å². The quantitative estimate of drug-likeness (QED) is 0.338. The maximum absolute atomic E-state index is 10.1. The number of thiazole rings is 1. The fourth-order valence-electron chi connectivity index (χ4n) is 2.22. The van der Waals surface area contributed by atoms with Gasteiger partial charge < -0.3 is 10.4 Å². The molecule has 0 spiro atoms. The van der Waals surface area contributed by atoms with Gasteiger partial charge in [0.2, 0.25) is 0 Å². The van der Waals surface area contributed by atoms with E-state index in [0.717, 1.165) is 32.3 Å². The molecule has 148 valence electrons. The first kappa shape index (κ1) is 22.1. The Morgan fingerprint density at radius 3 is 2.68 bits per heavy atom. The summed E-state index contributed by atoms with van der Waals surface area (Å²) >= 11 is 1.59. The second-order valence-electron chi connectivity index (χ2n) is 7.22. The number of aliphatic imine (C=N–C) groups is 1. The summed E-state index contributed by atoms with van der Waals surface area (Å²) in [6.45, 7) is 16.7. The number of rotatable bonds is 8. The van der Waals surface area contributed by atoms with E-state index in [-0.39, 0.29) is 10.9 Å². The van der Waals surface area contributed by atoms with Crippen molar-refractivity contribution in [2.45, 2.75) is 32.9 Å². The number of aromatic hydroxyl groups is 1. The fraction of sp³-hybridized carbons (Fsp3) is 0.273. The van der Waals surface area contributed by atoms with Gasteiger partial charge in [-0.2, -0.15) is 0 Å². The van der Waals surface area contributed by atoms with Gasteiger partial charge in [0.05, 0.1) is 0 Å². The molecule has 28 heavy (non-hydrogen) atoms. The zero-order valence-corrected chi connectivity index (χ0v) is 18.9. The number of hydrogen-bond acceptors (Lipinski definition) is 5. The number of aryl methyl sites for hydroxylation is 1. The van der Waals surface area contributed by atoms with Crippen LogP contribution >= 0.6 is 20.6 Å². The summed E-state index contributed by atoms with van der Waals surface area (Å²) in [5, 5.41) is 14.2. The number of nitrogens with zero attached hydrogens (tertiary/aromatic N) is 2. The van der Waals surface area contributed by atoms with Crippen molar-refractivity contribution < 1.29 is 5.11 Å². The van der Waals surface area contributed by atoms with Crippen molar-refractivity contribution >= 4 is 32.0 Å². The molecule has 2 N–H and O–H groups in total. The lowest BCUT2D eigenvalue weighted by Crippen LogP contribution is -2.20. The van der Waals surface area contributed by atoms with Crippen LogP contribution in [-0.2, 0) is 0 Å². The van der Waals surface area contributed by atoms with Crippen LogP contribution in [0.15, 0.2) is 60.4 Å². The van der Waals surface area contributed by atoms with Crippen LogP contribution < -0.4 is 5.32 Å².